The number of hydrogen-bond donors (Lipinski definition) is 1. The maximum atomic E-state index is 5.43. The van der Waals surface area contributed by atoms with Crippen LogP contribution in [0.2, 0.25) is 0 Å². The third kappa shape index (κ3) is 3.82. The van der Waals surface area contributed by atoms with Crippen molar-refractivity contribution in [2.24, 2.45) is 0 Å². The summed E-state index contributed by atoms with van der Waals surface area (Å²) in [6.45, 7) is 13.8. The molecule has 0 radical (unpaired) electrons. The van der Waals surface area contributed by atoms with E-state index in [0.29, 0.717) is 6.04 Å². The van der Waals surface area contributed by atoms with E-state index in [2.05, 4.69) is 59.0 Å². The fourth-order valence-corrected chi connectivity index (χ4v) is 2.03. The molecule has 1 aromatic carbocycles. The SMILES string of the molecule is COC(C)(C)CNC(C)c1cc(C)c(C)cc1C. The number of rotatable bonds is 5. The Balaban J connectivity index is 2.79. The van der Waals surface area contributed by atoms with Crippen LogP contribution in [0.4, 0.5) is 0 Å². The van der Waals surface area contributed by atoms with Gasteiger partial charge in [0, 0.05) is 19.7 Å². The van der Waals surface area contributed by atoms with Crippen LogP contribution in [0.1, 0.15) is 49.1 Å². The van der Waals surface area contributed by atoms with Crippen molar-refractivity contribution in [1.29, 1.82) is 0 Å². The van der Waals surface area contributed by atoms with Crippen molar-refractivity contribution in [3.8, 4) is 0 Å². The summed E-state index contributed by atoms with van der Waals surface area (Å²) in [5, 5.41) is 3.55. The van der Waals surface area contributed by atoms with E-state index in [1.54, 1.807) is 7.11 Å². The smallest absolute Gasteiger partial charge is 0.0746 e. The third-order valence-electron chi connectivity index (χ3n) is 3.74. The minimum atomic E-state index is -0.123. The number of aryl methyl sites for hydroxylation is 3. The van der Waals surface area contributed by atoms with Crippen LogP contribution >= 0.6 is 0 Å². The Kier molecular flexibility index (Phi) is 4.94. The van der Waals surface area contributed by atoms with Crippen LogP contribution in [-0.4, -0.2) is 19.3 Å². The van der Waals surface area contributed by atoms with E-state index < -0.39 is 0 Å². The molecular weight excluding hydrogens is 222 g/mol. The lowest BCUT2D eigenvalue weighted by Crippen LogP contribution is -2.38. The molecule has 1 rings (SSSR count). The van der Waals surface area contributed by atoms with Crippen LogP contribution < -0.4 is 5.32 Å². The Morgan fingerprint density at radius 2 is 1.67 bits per heavy atom. The molecule has 2 nitrogen and oxygen atoms in total. The first-order valence-electron chi connectivity index (χ1n) is 6.63. The molecule has 102 valence electrons. The normalized spacial score (nSPS) is 13.7. The van der Waals surface area contributed by atoms with E-state index in [1.165, 1.54) is 22.3 Å². The molecule has 0 fully saturated rings. The van der Waals surface area contributed by atoms with Crippen molar-refractivity contribution in [1.82, 2.24) is 5.32 Å². The molecule has 1 aromatic rings. The molecule has 0 heterocycles. The maximum Gasteiger partial charge on any atom is 0.0746 e. The maximum absolute atomic E-state index is 5.43. The van der Waals surface area contributed by atoms with Crippen molar-refractivity contribution in [2.45, 2.75) is 53.2 Å². The van der Waals surface area contributed by atoms with Crippen LogP contribution in [0.5, 0.6) is 0 Å². The predicted molar refractivity (Wildman–Crippen MR) is 78.2 cm³/mol. The van der Waals surface area contributed by atoms with E-state index in [0.717, 1.165) is 6.54 Å². The Morgan fingerprint density at radius 3 is 2.22 bits per heavy atom. The van der Waals surface area contributed by atoms with Crippen LogP contribution in [-0.2, 0) is 4.74 Å². The molecule has 0 spiro atoms. The molecule has 0 amide bonds. The molecule has 0 saturated heterocycles. The van der Waals surface area contributed by atoms with Gasteiger partial charge in [-0.3, -0.25) is 0 Å². The summed E-state index contributed by atoms with van der Waals surface area (Å²) in [6, 6.07) is 4.91. The van der Waals surface area contributed by atoms with Gasteiger partial charge in [-0.25, -0.2) is 0 Å². The first-order chi connectivity index (χ1) is 8.26. The van der Waals surface area contributed by atoms with E-state index in [-0.39, 0.29) is 5.60 Å². The van der Waals surface area contributed by atoms with E-state index in [4.69, 9.17) is 4.74 Å². The van der Waals surface area contributed by atoms with Gasteiger partial charge in [0.05, 0.1) is 5.60 Å². The van der Waals surface area contributed by atoms with Crippen LogP contribution in [0, 0.1) is 20.8 Å². The van der Waals surface area contributed by atoms with Crippen molar-refractivity contribution in [3.63, 3.8) is 0 Å². The molecule has 2 heteroatoms. The second-order valence-corrected chi connectivity index (χ2v) is 5.86. The molecular formula is C16H27NO. The van der Waals surface area contributed by atoms with E-state index in [1.807, 2.05) is 0 Å². The summed E-state index contributed by atoms with van der Waals surface area (Å²) in [5.41, 5.74) is 5.33. The van der Waals surface area contributed by atoms with Gasteiger partial charge in [0.1, 0.15) is 0 Å². The molecule has 0 saturated carbocycles. The molecule has 1 unspecified atom stereocenters. The molecule has 1 N–H and O–H groups in total. The van der Waals surface area contributed by atoms with E-state index >= 15 is 0 Å². The first kappa shape index (κ1) is 15.2. The third-order valence-corrected chi connectivity index (χ3v) is 3.74. The second kappa shape index (κ2) is 5.85. The van der Waals surface area contributed by atoms with Gasteiger partial charge in [-0.2, -0.15) is 0 Å². The highest BCUT2D eigenvalue weighted by molar-refractivity contribution is 5.38. The standard InChI is InChI=1S/C16H27NO/c1-11-8-13(3)15(9-12(11)2)14(4)17-10-16(5,6)18-7/h8-9,14,17H,10H2,1-7H3. The second-order valence-electron chi connectivity index (χ2n) is 5.86. The number of methoxy groups -OCH3 is 1. The minimum Gasteiger partial charge on any atom is -0.377 e. The molecule has 0 aliphatic heterocycles. The van der Waals surface area contributed by atoms with Gasteiger partial charge in [-0.1, -0.05) is 12.1 Å². The average molecular weight is 249 g/mol. The zero-order valence-corrected chi connectivity index (χ0v) is 12.8. The van der Waals surface area contributed by atoms with Crippen LogP contribution in [0.3, 0.4) is 0 Å². The zero-order chi connectivity index (χ0) is 13.9. The molecule has 0 aliphatic rings. The lowest BCUT2D eigenvalue weighted by Gasteiger charge is -2.26. The molecule has 1 atom stereocenters. The fraction of sp³-hybridized carbons (Fsp3) is 0.625. The van der Waals surface area contributed by atoms with Crippen molar-refractivity contribution in [2.75, 3.05) is 13.7 Å². The van der Waals surface area contributed by atoms with Gasteiger partial charge in [0.15, 0.2) is 0 Å². The first-order valence-corrected chi connectivity index (χ1v) is 6.63. The minimum absolute atomic E-state index is 0.123. The topological polar surface area (TPSA) is 21.3 Å². The monoisotopic (exact) mass is 249 g/mol. The highest BCUT2D eigenvalue weighted by Gasteiger charge is 2.18. The highest BCUT2D eigenvalue weighted by Crippen LogP contribution is 2.22. The number of hydrogen-bond acceptors (Lipinski definition) is 2. The number of ether oxygens (including phenoxy) is 1. The Morgan fingerprint density at radius 1 is 1.11 bits per heavy atom. The lowest BCUT2D eigenvalue weighted by molar-refractivity contribution is 0.0214. The Hall–Kier alpha value is -0.860. The lowest BCUT2D eigenvalue weighted by atomic mass is 9.96. The highest BCUT2D eigenvalue weighted by atomic mass is 16.5. The summed E-state index contributed by atoms with van der Waals surface area (Å²) in [4.78, 5) is 0. The summed E-state index contributed by atoms with van der Waals surface area (Å²) < 4.78 is 5.43. The Labute approximate surface area is 112 Å². The molecule has 18 heavy (non-hydrogen) atoms. The summed E-state index contributed by atoms with van der Waals surface area (Å²) in [5.74, 6) is 0. The van der Waals surface area contributed by atoms with Gasteiger partial charge in [-0.05, 0) is 63.8 Å². The molecule has 0 bridgehead atoms. The van der Waals surface area contributed by atoms with Crippen molar-refractivity contribution in [3.05, 3.63) is 34.4 Å². The molecule has 0 aromatic heterocycles. The summed E-state index contributed by atoms with van der Waals surface area (Å²) in [7, 11) is 1.76. The fourth-order valence-electron chi connectivity index (χ4n) is 2.03. The van der Waals surface area contributed by atoms with Gasteiger partial charge in [0.25, 0.3) is 0 Å². The summed E-state index contributed by atoms with van der Waals surface area (Å²) >= 11 is 0. The van der Waals surface area contributed by atoms with Gasteiger partial charge in [-0.15, -0.1) is 0 Å². The largest absolute Gasteiger partial charge is 0.377 e. The van der Waals surface area contributed by atoms with Crippen molar-refractivity contribution < 1.29 is 4.74 Å². The number of nitrogens with one attached hydrogen (secondary N) is 1. The van der Waals surface area contributed by atoms with Gasteiger partial charge < -0.3 is 10.1 Å². The van der Waals surface area contributed by atoms with Crippen molar-refractivity contribution >= 4 is 0 Å². The summed E-state index contributed by atoms with van der Waals surface area (Å²) in [6.07, 6.45) is 0. The van der Waals surface area contributed by atoms with Crippen LogP contribution in [0.15, 0.2) is 12.1 Å². The van der Waals surface area contributed by atoms with Gasteiger partial charge in [0.2, 0.25) is 0 Å². The molecule has 0 aliphatic carbocycles. The van der Waals surface area contributed by atoms with E-state index in [9.17, 15) is 0 Å². The average Bonchev–Trinajstić information content (AvgIpc) is 2.31. The quantitative estimate of drug-likeness (QED) is 0.859. The predicted octanol–water partition coefficient (Wildman–Crippen LogP) is 3.69. The Bertz CT molecular complexity index is 410. The van der Waals surface area contributed by atoms with Crippen LogP contribution in [0.25, 0.3) is 0 Å². The number of benzene rings is 1. The van der Waals surface area contributed by atoms with Gasteiger partial charge >= 0.3 is 0 Å². The zero-order valence-electron chi connectivity index (χ0n) is 12.8.